The van der Waals surface area contributed by atoms with Crippen LogP contribution in [0.3, 0.4) is 0 Å². The first kappa shape index (κ1) is 8.99. The number of halogens is 1. The average molecular weight is 195 g/mol. The smallest absolute Gasteiger partial charge is 0.407 e. The van der Waals surface area contributed by atoms with Crippen LogP contribution in [0, 0.1) is 5.82 Å². The lowest BCUT2D eigenvalue weighted by molar-refractivity contribution is 0.105. The Morgan fingerprint density at radius 1 is 1.50 bits per heavy atom. The van der Waals surface area contributed by atoms with Gasteiger partial charge in [0.2, 0.25) is 0 Å². The standard InChI is InChI=1S/C10H10FNO2/c11-9-3-1-2-7(4-9)8-5-12(6-8)10(13)14/h1-4,8H,5-6H2,(H,13,14). The zero-order valence-electron chi connectivity index (χ0n) is 7.48. The number of rotatable bonds is 1. The molecule has 0 bridgehead atoms. The molecule has 0 radical (unpaired) electrons. The van der Waals surface area contributed by atoms with Crippen molar-refractivity contribution in [2.24, 2.45) is 0 Å². The summed E-state index contributed by atoms with van der Waals surface area (Å²) in [7, 11) is 0. The Kier molecular flexibility index (Phi) is 2.11. The van der Waals surface area contributed by atoms with Crippen molar-refractivity contribution in [1.29, 1.82) is 0 Å². The van der Waals surface area contributed by atoms with E-state index in [1.807, 2.05) is 6.07 Å². The van der Waals surface area contributed by atoms with E-state index in [4.69, 9.17) is 5.11 Å². The number of likely N-dealkylation sites (tertiary alicyclic amines) is 1. The minimum Gasteiger partial charge on any atom is -0.465 e. The molecule has 1 aromatic rings. The molecule has 1 fully saturated rings. The molecule has 1 aromatic carbocycles. The van der Waals surface area contributed by atoms with Gasteiger partial charge >= 0.3 is 6.09 Å². The van der Waals surface area contributed by atoms with E-state index >= 15 is 0 Å². The molecule has 1 saturated heterocycles. The SMILES string of the molecule is O=C(O)N1CC(c2cccc(F)c2)C1. The summed E-state index contributed by atoms with van der Waals surface area (Å²) in [4.78, 5) is 11.8. The van der Waals surface area contributed by atoms with Gasteiger partial charge < -0.3 is 10.0 Å². The van der Waals surface area contributed by atoms with Crippen LogP contribution in [0.4, 0.5) is 9.18 Å². The van der Waals surface area contributed by atoms with Crippen LogP contribution in [0.2, 0.25) is 0 Å². The number of carbonyl (C=O) groups is 1. The zero-order valence-corrected chi connectivity index (χ0v) is 7.48. The number of amides is 1. The van der Waals surface area contributed by atoms with E-state index in [2.05, 4.69) is 0 Å². The minimum absolute atomic E-state index is 0.154. The normalized spacial score (nSPS) is 16.5. The minimum atomic E-state index is -0.905. The summed E-state index contributed by atoms with van der Waals surface area (Å²) in [5.41, 5.74) is 0.877. The van der Waals surface area contributed by atoms with Crippen molar-refractivity contribution < 1.29 is 14.3 Å². The van der Waals surface area contributed by atoms with E-state index in [0.29, 0.717) is 13.1 Å². The fraction of sp³-hybridized carbons (Fsp3) is 0.300. The summed E-state index contributed by atoms with van der Waals surface area (Å²) in [6.45, 7) is 0.942. The molecule has 4 heteroatoms. The molecule has 2 rings (SSSR count). The summed E-state index contributed by atoms with van der Waals surface area (Å²) < 4.78 is 12.8. The fourth-order valence-corrected chi connectivity index (χ4v) is 1.61. The van der Waals surface area contributed by atoms with Crippen LogP contribution in [-0.4, -0.2) is 29.2 Å². The molecule has 74 valence electrons. The van der Waals surface area contributed by atoms with Crippen LogP contribution in [-0.2, 0) is 0 Å². The van der Waals surface area contributed by atoms with E-state index in [0.717, 1.165) is 5.56 Å². The lowest BCUT2D eigenvalue weighted by Gasteiger charge is -2.37. The van der Waals surface area contributed by atoms with E-state index < -0.39 is 6.09 Å². The maximum absolute atomic E-state index is 12.8. The highest BCUT2D eigenvalue weighted by Gasteiger charge is 2.31. The van der Waals surface area contributed by atoms with Crippen molar-refractivity contribution in [2.45, 2.75) is 5.92 Å². The maximum Gasteiger partial charge on any atom is 0.407 e. The highest BCUT2D eigenvalue weighted by atomic mass is 19.1. The molecular formula is C10H10FNO2. The van der Waals surface area contributed by atoms with E-state index in [1.165, 1.54) is 17.0 Å². The van der Waals surface area contributed by atoms with Crippen LogP contribution >= 0.6 is 0 Å². The van der Waals surface area contributed by atoms with Crippen molar-refractivity contribution in [3.63, 3.8) is 0 Å². The number of carboxylic acid groups (broad SMARTS) is 1. The molecule has 3 nitrogen and oxygen atoms in total. The number of benzene rings is 1. The van der Waals surface area contributed by atoms with E-state index in [-0.39, 0.29) is 11.7 Å². The van der Waals surface area contributed by atoms with Gasteiger partial charge in [0.15, 0.2) is 0 Å². The Morgan fingerprint density at radius 3 is 2.79 bits per heavy atom. The largest absolute Gasteiger partial charge is 0.465 e. The third kappa shape index (κ3) is 1.55. The summed E-state index contributed by atoms with van der Waals surface area (Å²) in [5, 5.41) is 8.60. The molecule has 1 amide bonds. The first-order valence-electron chi connectivity index (χ1n) is 4.40. The predicted molar refractivity (Wildman–Crippen MR) is 48.7 cm³/mol. The molecule has 0 atom stereocenters. The van der Waals surface area contributed by atoms with Gasteiger partial charge in [-0.3, -0.25) is 0 Å². The van der Waals surface area contributed by atoms with Gasteiger partial charge in [-0.05, 0) is 17.7 Å². The number of nitrogens with zero attached hydrogens (tertiary/aromatic N) is 1. The van der Waals surface area contributed by atoms with Gasteiger partial charge in [-0.15, -0.1) is 0 Å². The Morgan fingerprint density at radius 2 is 2.21 bits per heavy atom. The van der Waals surface area contributed by atoms with Crippen LogP contribution in [0.1, 0.15) is 11.5 Å². The molecule has 1 aliphatic heterocycles. The summed E-state index contributed by atoms with van der Waals surface area (Å²) in [6.07, 6.45) is -0.905. The average Bonchev–Trinajstić information content (AvgIpc) is 2.00. The Labute approximate surface area is 80.8 Å². The summed E-state index contributed by atoms with van der Waals surface area (Å²) in [6, 6.07) is 6.32. The maximum atomic E-state index is 12.8. The highest BCUT2D eigenvalue weighted by molar-refractivity contribution is 5.66. The fourth-order valence-electron chi connectivity index (χ4n) is 1.61. The lowest BCUT2D eigenvalue weighted by Crippen LogP contribution is -2.47. The van der Waals surface area contributed by atoms with Crippen molar-refractivity contribution in [3.8, 4) is 0 Å². The lowest BCUT2D eigenvalue weighted by atomic mass is 9.92. The van der Waals surface area contributed by atoms with Crippen LogP contribution in [0.5, 0.6) is 0 Å². The van der Waals surface area contributed by atoms with Crippen LogP contribution in [0.25, 0.3) is 0 Å². The van der Waals surface area contributed by atoms with Gasteiger partial charge in [-0.1, -0.05) is 12.1 Å². The monoisotopic (exact) mass is 195 g/mol. The van der Waals surface area contributed by atoms with Crippen molar-refractivity contribution in [3.05, 3.63) is 35.6 Å². The second-order valence-electron chi connectivity index (χ2n) is 3.44. The zero-order chi connectivity index (χ0) is 10.1. The Hall–Kier alpha value is -1.58. The van der Waals surface area contributed by atoms with E-state index in [9.17, 15) is 9.18 Å². The molecule has 1 heterocycles. The van der Waals surface area contributed by atoms with Gasteiger partial charge in [0.1, 0.15) is 5.82 Å². The number of hydrogen-bond acceptors (Lipinski definition) is 1. The summed E-state index contributed by atoms with van der Waals surface area (Å²) in [5.74, 6) is -0.113. The van der Waals surface area contributed by atoms with Gasteiger partial charge in [0.25, 0.3) is 0 Å². The van der Waals surface area contributed by atoms with Gasteiger partial charge in [-0.25, -0.2) is 9.18 Å². The third-order valence-electron chi connectivity index (χ3n) is 2.47. The first-order valence-corrected chi connectivity index (χ1v) is 4.40. The molecule has 0 aromatic heterocycles. The van der Waals surface area contributed by atoms with Crippen LogP contribution < -0.4 is 0 Å². The van der Waals surface area contributed by atoms with Gasteiger partial charge in [0, 0.05) is 19.0 Å². The van der Waals surface area contributed by atoms with Crippen LogP contribution in [0.15, 0.2) is 24.3 Å². The number of hydrogen-bond donors (Lipinski definition) is 1. The quantitative estimate of drug-likeness (QED) is 0.743. The predicted octanol–water partition coefficient (Wildman–Crippen LogP) is 1.90. The third-order valence-corrected chi connectivity index (χ3v) is 2.47. The molecule has 0 spiro atoms. The van der Waals surface area contributed by atoms with Gasteiger partial charge in [0.05, 0.1) is 0 Å². The molecule has 14 heavy (non-hydrogen) atoms. The molecular weight excluding hydrogens is 185 g/mol. The molecule has 0 unspecified atom stereocenters. The molecule has 1 N–H and O–H groups in total. The second-order valence-corrected chi connectivity index (χ2v) is 3.44. The van der Waals surface area contributed by atoms with Crippen molar-refractivity contribution in [1.82, 2.24) is 4.90 Å². The molecule has 1 aliphatic rings. The van der Waals surface area contributed by atoms with E-state index in [1.54, 1.807) is 6.07 Å². The van der Waals surface area contributed by atoms with Crippen molar-refractivity contribution >= 4 is 6.09 Å². The van der Waals surface area contributed by atoms with Crippen molar-refractivity contribution in [2.75, 3.05) is 13.1 Å². The molecule has 0 saturated carbocycles. The molecule has 0 aliphatic carbocycles. The van der Waals surface area contributed by atoms with Gasteiger partial charge in [-0.2, -0.15) is 0 Å². The topological polar surface area (TPSA) is 40.5 Å². The Bertz CT molecular complexity index is 361. The highest BCUT2D eigenvalue weighted by Crippen LogP contribution is 2.26. The Balaban J connectivity index is 2.03. The summed E-state index contributed by atoms with van der Waals surface area (Å²) >= 11 is 0. The first-order chi connectivity index (χ1) is 6.66. The second kappa shape index (κ2) is 3.29.